The lowest BCUT2D eigenvalue weighted by Gasteiger charge is -2.37. The van der Waals surface area contributed by atoms with E-state index in [-0.39, 0.29) is 25.1 Å². The van der Waals surface area contributed by atoms with E-state index in [0.717, 1.165) is 17.8 Å². The van der Waals surface area contributed by atoms with Gasteiger partial charge in [0.25, 0.3) is 5.69 Å². The van der Waals surface area contributed by atoms with Crippen molar-refractivity contribution in [1.82, 2.24) is 9.80 Å². The Balaban J connectivity index is 0.00000420. The van der Waals surface area contributed by atoms with E-state index < -0.39 is 22.4 Å². The standard InChI is InChI=1S/C25H28Cl2F3N5O3.CH4/c26-21-3-2-19(16-22(21)27)33-11-13-34(14-12-33)24(36)7-10-32-8-5-17(6-9-32)31-18-1-4-23(35(37)38)20(15-18)25(28,29)30;/h1-4,15-17,31H,5-14H2;1H4. The Hall–Kier alpha value is -2.76. The van der Waals surface area contributed by atoms with Gasteiger partial charge in [-0.3, -0.25) is 14.9 Å². The maximum Gasteiger partial charge on any atom is 0.423 e. The largest absolute Gasteiger partial charge is 0.423 e. The minimum atomic E-state index is -4.81. The monoisotopic (exact) mass is 589 g/mol. The van der Waals surface area contributed by atoms with Gasteiger partial charge in [0.15, 0.2) is 0 Å². The van der Waals surface area contributed by atoms with Gasteiger partial charge in [0.1, 0.15) is 5.56 Å². The van der Waals surface area contributed by atoms with Crippen molar-refractivity contribution in [3.05, 3.63) is 62.1 Å². The Morgan fingerprint density at radius 1 is 1.00 bits per heavy atom. The predicted molar refractivity (Wildman–Crippen MR) is 148 cm³/mol. The van der Waals surface area contributed by atoms with Gasteiger partial charge in [-0.15, -0.1) is 0 Å². The van der Waals surface area contributed by atoms with Gasteiger partial charge in [0.05, 0.1) is 15.0 Å². The molecule has 0 atom stereocenters. The van der Waals surface area contributed by atoms with Gasteiger partial charge in [0.2, 0.25) is 5.91 Å². The topological polar surface area (TPSA) is 82.0 Å². The predicted octanol–water partition coefficient (Wildman–Crippen LogP) is 6.17. The van der Waals surface area contributed by atoms with Crippen molar-refractivity contribution >= 4 is 46.2 Å². The first-order valence-corrected chi connectivity index (χ1v) is 13.1. The molecule has 2 aliphatic rings. The first-order chi connectivity index (χ1) is 18.0. The van der Waals surface area contributed by atoms with Crippen LogP contribution in [0.15, 0.2) is 36.4 Å². The number of likely N-dealkylation sites (tertiary alicyclic amines) is 1. The zero-order valence-electron chi connectivity index (χ0n) is 20.5. The number of hydrogen-bond acceptors (Lipinski definition) is 6. The summed E-state index contributed by atoms with van der Waals surface area (Å²) in [7, 11) is 0. The maximum absolute atomic E-state index is 13.2. The van der Waals surface area contributed by atoms with E-state index in [4.69, 9.17) is 23.2 Å². The van der Waals surface area contributed by atoms with Crippen LogP contribution in [0.4, 0.5) is 30.2 Å². The molecule has 0 unspecified atom stereocenters. The Bertz CT molecular complexity index is 1170. The van der Waals surface area contributed by atoms with E-state index in [1.807, 2.05) is 17.0 Å². The zero-order valence-corrected chi connectivity index (χ0v) is 22.0. The van der Waals surface area contributed by atoms with Crippen LogP contribution in [-0.4, -0.2) is 72.5 Å². The van der Waals surface area contributed by atoms with Gasteiger partial charge < -0.3 is 20.0 Å². The van der Waals surface area contributed by atoms with Crippen LogP contribution in [0.2, 0.25) is 10.0 Å². The van der Waals surface area contributed by atoms with Gasteiger partial charge in [0, 0.05) is 75.7 Å². The Morgan fingerprint density at radius 2 is 1.67 bits per heavy atom. The van der Waals surface area contributed by atoms with Crippen molar-refractivity contribution in [2.75, 3.05) is 56.0 Å². The molecule has 2 aromatic rings. The quantitative estimate of drug-likeness (QED) is 0.307. The third-order valence-electron chi connectivity index (χ3n) is 7.00. The van der Waals surface area contributed by atoms with Crippen molar-refractivity contribution in [3.8, 4) is 0 Å². The third kappa shape index (κ3) is 7.89. The van der Waals surface area contributed by atoms with Gasteiger partial charge in [-0.2, -0.15) is 13.2 Å². The van der Waals surface area contributed by atoms with E-state index >= 15 is 0 Å². The molecule has 39 heavy (non-hydrogen) atoms. The van der Waals surface area contributed by atoms with E-state index in [1.165, 1.54) is 6.07 Å². The number of carbonyl (C=O) groups is 1. The van der Waals surface area contributed by atoms with Crippen molar-refractivity contribution in [1.29, 1.82) is 0 Å². The lowest BCUT2D eigenvalue weighted by Crippen LogP contribution is -2.49. The number of nitrogens with zero attached hydrogens (tertiary/aromatic N) is 4. The number of piperazine rings is 1. The number of carbonyl (C=O) groups excluding carboxylic acids is 1. The summed E-state index contributed by atoms with van der Waals surface area (Å²) in [6, 6.07) is 8.44. The van der Waals surface area contributed by atoms with Crippen LogP contribution in [0.3, 0.4) is 0 Å². The summed E-state index contributed by atoms with van der Waals surface area (Å²) < 4.78 is 39.7. The van der Waals surface area contributed by atoms with Crippen LogP contribution >= 0.6 is 23.2 Å². The molecule has 0 saturated carbocycles. The summed E-state index contributed by atoms with van der Waals surface area (Å²) in [6.45, 7) is 4.69. The van der Waals surface area contributed by atoms with Crippen molar-refractivity contribution < 1.29 is 22.9 Å². The number of nitro benzene ring substituents is 1. The lowest BCUT2D eigenvalue weighted by atomic mass is 10.0. The molecule has 0 aliphatic carbocycles. The second-order valence-electron chi connectivity index (χ2n) is 9.46. The summed E-state index contributed by atoms with van der Waals surface area (Å²) in [4.78, 5) is 28.9. The van der Waals surface area contributed by atoms with E-state index in [9.17, 15) is 28.1 Å². The molecular formula is C26H32Cl2F3N5O3. The highest BCUT2D eigenvalue weighted by Gasteiger charge is 2.38. The van der Waals surface area contributed by atoms with Crippen molar-refractivity contribution in [2.45, 2.75) is 38.9 Å². The van der Waals surface area contributed by atoms with Crippen LogP contribution in [0.5, 0.6) is 0 Å². The highest BCUT2D eigenvalue weighted by Crippen LogP contribution is 2.38. The highest BCUT2D eigenvalue weighted by atomic mass is 35.5. The number of rotatable bonds is 7. The lowest BCUT2D eigenvalue weighted by molar-refractivity contribution is -0.388. The van der Waals surface area contributed by atoms with Crippen LogP contribution in [-0.2, 0) is 11.0 Å². The summed E-state index contributed by atoms with van der Waals surface area (Å²) >= 11 is 12.1. The number of halogens is 5. The second kappa shape index (κ2) is 13.1. The fraction of sp³-hybridized carbons (Fsp3) is 0.500. The molecule has 2 aliphatic heterocycles. The van der Waals surface area contributed by atoms with Crippen molar-refractivity contribution in [3.63, 3.8) is 0 Å². The first kappa shape index (κ1) is 30.8. The molecule has 1 N–H and O–H groups in total. The third-order valence-corrected chi connectivity index (χ3v) is 7.74. The minimum absolute atomic E-state index is 0. The zero-order chi connectivity index (χ0) is 27.4. The van der Waals surface area contributed by atoms with E-state index in [2.05, 4.69) is 15.1 Å². The summed E-state index contributed by atoms with van der Waals surface area (Å²) in [5, 5.41) is 15.0. The molecule has 1 amide bonds. The molecule has 214 valence electrons. The smallest absolute Gasteiger partial charge is 0.382 e. The molecule has 8 nitrogen and oxygen atoms in total. The van der Waals surface area contributed by atoms with Gasteiger partial charge in [-0.1, -0.05) is 30.6 Å². The average molecular weight is 590 g/mol. The van der Waals surface area contributed by atoms with Crippen LogP contribution in [0.1, 0.15) is 32.3 Å². The molecule has 4 rings (SSSR count). The number of anilines is 2. The molecule has 0 radical (unpaired) electrons. The maximum atomic E-state index is 13.2. The number of hydrogen-bond donors (Lipinski definition) is 1. The molecule has 2 aromatic carbocycles. The number of nitro groups is 1. The average Bonchev–Trinajstić information content (AvgIpc) is 2.89. The van der Waals surface area contributed by atoms with Crippen LogP contribution in [0.25, 0.3) is 0 Å². The molecule has 13 heteroatoms. The normalized spacial score (nSPS) is 17.1. The Kier molecular flexibility index (Phi) is 10.3. The number of amides is 1. The van der Waals surface area contributed by atoms with Gasteiger partial charge in [-0.25, -0.2) is 0 Å². The molecule has 2 fully saturated rings. The SMILES string of the molecule is C.O=C(CCN1CCC(Nc2ccc([N+](=O)[O-])c(C(F)(F)F)c2)CC1)N1CCN(c2ccc(Cl)c(Cl)c2)CC1. The second-order valence-corrected chi connectivity index (χ2v) is 10.3. The highest BCUT2D eigenvalue weighted by molar-refractivity contribution is 6.42. The van der Waals surface area contributed by atoms with E-state index in [1.54, 1.807) is 6.07 Å². The van der Waals surface area contributed by atoms with Crippen LogP contribution < -0.4 is 10.2 Å². The molecule has 2 heterocycles. The van der Waals surface area contributed by atoms with Crippen LogP contribution in [0, 0.1) is 10.1 Å². The van der Waals surface area contributed by atoms with Gasteiger partial charge >= 0.3 is 6.18 Å². The minimum Gasteiger partial charge on any atom is -0.382 e. The Labute approximate surface area is 235 Å². The number of alkyl halides is 3. The summed E-state index contributed by atoms with van der Waals surface area (Å²) in [5.74, 6) is 0.101. The number of piperidine rings is 1. The molecule has 0 bridgehead atoms. The molecule has 0 spiro atoms. The fourth-order valence-electron chi connectivity index (χ4n) is 4.86. The van der Waals surface area contributed by atoms with E-state index in [0.29, 0.717) is 75.1 Å². The molecule has 2 saturated heterocycles. The van der Waals surface area contributed by atoms with Gasteiger partial charge in [-0.05, 0) is 43.2 Å². The van der Waals surface area contributed by atoms with Crippen molar-refractivity contribution in [2.24, 2.45) is 0 Å². The summed E-state index contributed by atoms with van der Waals surface area (Å²) in [6.07, 6.45) is -3.03. The Morgan fingerprint density at radius 3 is 2.26 bits per heavy atom. The number of benzene rings is 2. The fourth-order valence-corrected chi connectivity index (χ4v) is 5.15. The number of nitrogens with one attached hydrogen (secondary N) is 1. The molecule has 0 aromatic heterocycles. The summed E-state index contributed by atoms with van der Waals surface area (Å²) in [5.41, 5.74) is -1.04. The molecular weight excluding hydrogens is 558 g/mol. The first-order valence-electron chi connectivity index (χ1n) is 12.3.